The molecule has 2 aromatic rings. The molecule has 1 atom stereocenters. The van der Waals surface area contributed by atoms with Gasteiger partial charge in [0, 0.05) is 25.1 Å². The van der Waals surface area contributed by atoms with Gasteiger partial charge in [-0.3, -0.25) is 9.48 Å². The Labute approximate surface area is 145 Å². The summed E-state index contributed by atoms with van der Waals surface area (Å²) in [5.74, 6) is 0.328. The molecular weight excluding hydrogens is 322 g/mol. The molecule has 0 fully saturated rings. The van der Waals surface area contributed by atoms with Gasteiger partial charge in [-0.25, -0.2) is 4.98 Å². The van der Waals surface area contributed by atoms with Crippen LogP contribution in [0.1, 0.15) is 18.2 Å². The zero-order chi connectivity index (χ0) is 17.6. The van der Waals surface area contributed by atoms with Crippen LogP contribution in [0.25, 0.3) is 0 Å². The van der Waals surface area contributed by atoms with E-state index in [-0.39, 0.29) is 18.6 Å². The van der Waals surface area contributed by atoms with Gasteiger partial charge >= 0.3 is 0 Å². The van der Waals surface area contributed by atoms with Crippen LogP contribution in [0, 0.1) is 11.3 Å². The van der Waals surface area contributed by atoms with Crippen molar-refractivity contribution < 1.29 is 14.3 Å². The molecule has 0 saturated heterocycles. The molecule has 130 valence electrons. The van der Waals surface area contributed by atoms with Gasteiger partial charge in [0.15, 0.2) is 0 Å². The highest BCUT2D eigenvalue weighted by Crippen LogP contribution is 2.17. The van der Waals surface area contributed by atoms with Crippen LogP contribution in [-0.4, -0.2) is 51.4 Å². The normalized spacial score (nSPS) is 16.6. The van der Waals surface area contributed by atoms with Crippen LogP contribution in [0.4, 0.5) is 0 Å². The summed E-state index contributed by atoms with van der Waals surface area (Å²) in [6.45, 7) is 3.79. The molecule has 0 saturated carbocycles. The molecule has 0 spiro atoms. The van der Waals surface area contributed by atoms with Crippen LogP contribution in [0.3, 0.4) is 0 Å². The molecule has 8 nitrogen and oxygen atoms in total. The Morgan fingerprint density at radius 1 is 1.40 bits per heavy atom. The zero-order valence-electron chi connectivity index (χ0n) is 14.0. The van der Waals surface area contributed by atoms with E-state index in [0.29, 0.717) is 37.7 Å². The molecule has 1 unspecified atom stereocenters. The molecule has 3 heterocycles. The van der Waals surface area contributed by atoms with Gasteiger partial charge in [-0.15, -0.1) is 0 Å². The molecule has 1 aliphatic rings. The van der Waals surface area contributed by atoms with Gasteiger partial charge in [0.25, 0.3) is 0 Å². The number of fused-ring (bicyclic) bond motifs is 1. The summed E-state index contributed by atoms with van der Waals surface area (Å²) < 4.78 is 13.0. The topological polar surface area (TPSA) is 93.3 Å². The Balaban J connectivity index is 1.75. The third-order valence-corrected chi connectivity index (χ3v) is 3.89. The maximum absolute atomic E-state index is 12.4. The van der Waals surface area contributed by atoms with Crippen molar-refractivity contribution in [1.82, 2.24) is 19.7 Å². The first kappa shape index (κ1) is 16.9. The van der Waals surface area contributed by atoms with E-state index in [0.717, 1.165) is 5.69 Å². The van der Waals surface area contributed by atoms with E-state index < -0.39 is 0 Å². The maximum atomic E-state index is 12.4. The minimum atomic E-state index is -0.299. The lowest BCUT2D eigenvalue weighted by Crippen LogP contribution is -2.40. The average molecular weight is 341 g/mol. The summed E-state index contributed by atoms with van der Waals surface area (Å²) in [5, 5.41) is 13.1. The minimum absolute atomic E-state index is 0.0481. The van der Waals surface area contributed by atoms with Crippen LogP contribution in [0.2, 0.25) is 0 Å². The lowest BCUT2D eigenvalue weighted by molar-refractivity contribution is -0.137. The highest BCUT2D eigenvalue weighted by Gasteiger charge is 2.27. The molecule has 0 radical (unpaired) electrons. The first-order valence-electron chi connectivity index (χ1n) is 8.08. The molecule has 2 aromatic heterocycles. The summed E-state index contributed by atoms with van der Waals surface area (Å²) in [7, 11) is 0. The second-order valence-corrected chi connectivity index (χ2v) is 5.65. The molecule has 3 rings (SSSR count). The van der Waals surface area contributed by atoms with Crippen molar-refractivity contribution in [3.63, 3.8) is 0 Å². The number of amides is 1. The largest absolute Gasteiger partial charge is 0.470 e. The predicted octanol–water partition coefficient (Wildman–Crippen LogP) is 0.976. The van der Waals surface area contributed by atoms with Crippen LogP contribution >= 0.6 is 0 Å². The molecule has 1 aliphatic heterocycles. The fourth-order valence-corrected chi connectivity index (χ4v) is 2.65. The molecule has 25 heavy (non-hydrogen) atoms. The van der Waals surface area contributed by atoms with Gasteiger partial charge in [0.2, 0.25) is 11.8 Å². The van der Waals surface area contributed by atoms with E-state index in [4.69, 9.17) is 14.7 Å². The van der Waals surface area contributed by atoms with Gasteiger partial charge in [-0.1, -0.05) is 0 Å². The summed E-state index contributed by atoms with van der Waals surface area (Å²) >= 11 is 0. The minimum Gasteiger partial charge on any atom is -0.470 e. The molecular formula is C17H19N5O3. The van der Waals surface area contributed by atoms with Gasteiger partial charge in [0.05, 0.1) is 30.9 Å². The van der Waals surface area contributed by atoms with Crippen molar-refractivity contribution in [2.24, 2.45) is 0 Å². The molecule has 0 N–H and O–H groups in total. The van der Waals surface area contributed by atoms with E-state index in [2.05, 4.69) is 10.1 Å². The number of nitrogens with zero attached hydrogens (tertiary/aromatic N) is 5. The Bertz CT molecular complexity index is 765. The number of hydrogen-bond acceptors (Lipinski definition) is 6. The van der Waals surface area contributed by atoms with Crippen LogP contribution in [0.15, 0.2) is 30.6 Å². The SMILES string of the molecule is CCOCC(=O)N1Cc2ccnn2CC(Oc2ccc(C#N)cn2)C1. The number of carbonyl (C=O) groups excluding carboxylic acids is 1. The van der Waals surface area contributed by atoms with Crippen LogP contribution in [0.5, 0.6) is 5.88 Å². The van der Waals surface area contributed by atoms with Gasteiger partial charge in [0.1, 0.15) is 18.8 Å². The van der Waals surface area contributed by atoms with Crippen molar-refractivity contribution in [2.45, 2.75) is 26.1 Å². The van der Waals surface area contributed by atoms with Crippen LogP contribution < -0.4 is 4.74 Å². The second kappa shape index (κ2) is 7.77. The Morgan fingerprint density at radius 3 is 3.00 bits per heavy atom. The third-order valence-electron chi connectivity index (χ3n) is 3.89. The maximum Gasteiger partial charge on any atom is 0.249 e. The monoisotopic (exact) mass is 341 g/mol. The smallest absolute Gasteiger partial charge is 0.249 e. The first-order chi connectivity index (χ1) is 12.2. The average Bonchev–Trinajstić information content (AvgIpc) is 2.99. The first-order valence-corrected chi connectivity index (χ1v) is 8.08. The number of carbonyl (C=O) groups is 1. The highest BCUT2D eigenvalue weighted by molar-refractivity contribution is 5.77. The predicted molar refractivity (Wildman–Crippen MR) is 87.5 cm³/mol. The lowest BCUT2D eigenvalue weighted by atomic mass is 10.3. The van der Waals surface area contributed by atoms with Gasteiger partial charge in [-0.2, -0.15) is 10.4 Å². The highest BCUT2D eigenvalue weighted by atomic mass is 16.5. The van der Waals surface area contributed by atoms with Crippen molar-refractivity contribution >= 4 is 5.91 Å². The summed E-state index contributed by atoms with van der Waals surface area (Å²) in [5.41, 5.74) is 1.42. The third kappa shape index (κ3) is 4.14. The van der Waals surface area contributed by atoms with Crippen LogP contribution in [-0.2, 0) is 22.6 Å². The molecule has 0 aromatic carbocycles. The molecule has 0 bridgehead atoms. The Kier molecular flexibility index (Phi) is 5.26. The quantitative estimate of drug-likeness (QED) is 0.805. The number of ether oxygens (including phenoxy) is 2. The van der Waals surface area contributed by atoms with E-state index >= 15 is 0 Å². The Morgan fingerprint density at radius 2 is 2.28 bits per heavy atom. The Hall–Kier alpha value is -2.92. The summed E-state index contributed by atoms with van der Waals surface area (Å²) in [6, 6.07) is 7.21. The number of hydrogen-bond donors (Lipinski definition) is 0. The van der Waals surface area contributed by atoms with E-state index in [1.54, 1.807) is 23.2 Å². The number of rotatable bonds is 5. The van der Waals surface area contributed by atoms with E-state index in [1.165, 1.54) is 6.20 Å². The zero-order valence-corrected chi connectivity index (χ0v) is 14.0. The van der Waals surface area contributed by atoms with Gasteiger partial charge < -0.3 is 14.4 Å². The van der Waals surface area contributed by atoms with Crippen molar-refractivity contribution in [1.29, 1.82) is 5.26 Å². The van der Waals surface area contributed by atoms with E-state index in [1.807, 2.05) is 23.7 Å². The van der Waals surface area contributed by atoms with E-state index in [9.17, 15) is 4.79 Å². The van der Waals surface area contributed by atoms with Gasteiger partial charge in [-0.05, 0) is 19.1 Å². The fourth-order valence-electron chi connectivity index (χ4n) is 2.65. The summed E-state index contributed by atoms with van der Waals surface area (Å²) in [6.07, 6.45) is 2.87. The molecule has 1 amide bonds. The molecule has 8 heteroatoms. The van der Waals surface area contributed by atoms with Crippen molar-refractivity contribution in [3.05, 3.63) is 41.9 Å². The second-order valence-electron chi connectivity index (χ2n) is 5.65. The standard InChI is InChI=1S/C17H19N5O3/c1-2-24-12-17(23)21-9-14-5-6-20-22(14)11-15(10-21)25-16-4-3-13(7-18)8-19-16/h3-6,8,15H,2,9-12H2,1H3. The number of pyridine rings is 1. The lowest BCUT2D eigenvalue weighted by Gasteiger charge is -2.24. The van der Waals surface area contributed by atoms with Crippen molar-refractivity contribution in [3.8, 4) is 11.9 Å². The number of nitriles is 1. The summed E-state index contributed by atoms with van der Waals surface area (Å²) in [4.78, 5) is 18.2. The fraction of sp³-hybridized carbons (Fsp3) is 0.412. The number of aromatic nitrogens is 3. The van der Waals surface area contributed by atoms with Crippen molar-refractivity contribution in [2.75, 3.05) is 19.8 Å². The molecule has 0 aliphatic carbocycles.